The first-order chi connectivity index (χ1) is 7.15. The quantitative estimate of drug-likeness (QED) is 0.766. The average Bonchev–Trinajstić information content (AvgIpc) is 2.29. The van der Waals surface area contributed by atoms with Crippen LogP contribution in [0.1, 0.15) is 18.6 Å². The predicted octanol–water partition coefficient (Wildman–Crippen LogP) is 1.46. The molecule has 0 unspecified atom stereocenters. The Hall–Kier alpha value is -1.06. The van der Waals surface area contributed by atoms with Gasteiger partial charge in [-0.05, 0) is 12.5 Å². The molecule has 0 aromatic heterocycles. The first-order valence-corrected chi connectivity index (χ1v) is 5.27. The SMILES string of the molecule is C[C@@H](NC(=O)CCl)[C@@H](O)c1ccccc1. The monoisotopic (exact) mass is 227 g/mol. The highest BCUT2D eigenvalue weighted by molar-refractivity contribution is 6.27. The topological polar surface area (TPSA) is 49.3 Å². The molecule has 0 saturated heterocycles. The third kappa shape index (κ3) is 3.53. The molecular weight excluding hydrogens is 214 g/mol. The van der Waals surface area contributed by atoms with Crippen molar-refractivity contribution in [2.24, 2.45) is 0 Å². The zero-order valence-electron chi connectivity index (χ0n) is 8.48. The summed E-state index contributed by atoms with van der Waals surface area (Å²) < 4.78 is 0. The van der Waals surface area contributed by atoms with Crippen molar-refractivity contribution in [3.63, 3.8) is 0 Å². The van der Waals surface area contributed by atoms with E-state index in [9.17, 15) is 9.90 Å². The summed E-state index contributed by atoms with van der Waals surface area (Å²) in [5.74, 6) is -0.370. The number of hydrogen-bond donors (Lipinski definition) is 2. The minimum Gasteiger partial charge on any atom is -0.386 e. The Morgan fingerprint density at radius 3 is 2.60 bits per heavy atom. The van der Waals surface area contributed by atoms with Crippen LogP contribution < -0.4 is 5.32 Å². The lowest BCUT2D eigenvalue weighted by Crippen LogP contribution is -2.37. The summed E-state index contributed by atoms with van der Waals surface area (Å²) in [6, 6.07) is 8.84. The first-order valence-electron chi connectivity index (χ1n) is 4.73. The maximum atomic E-state index is 11.0. The van der Waals surface area contributed by atoms with Crippen LogP contribution in [0.5, 0.6) is 0 Å². The number of alkyl halides is 1. The molecule has 0 saturated carbocycles. The van der Waals surface area contributed by atoms with E-state index in [0.717, 1.165) is 5.56 Å². The molecule has 2 N–H and O–H groups in total. The van der Waals surface area contributed by atoms with Gasteiger partial charge in [0.2, 0.25) is 5.91 Å². The normalized spacial score (nSPS) is 14.3. The molecule has 2 atom stereocenters. The summed E-state index contributed by atoms with van der Waals surface area (Å²) in [4.78, 5) is 11.0. The van der Waals surface area contributed by atoms with Crippen molar-refractivity contribution in [3.05, 3.63) is 35.9 Å². The van der Waals surface area contributed by atoms with Crippen LogP contribution in [0.2, 0.25) is 0 Å². The lowest BCUT2D eigenvalue weighted by molar-refractivity contribution is -0.120. The van der Waals surface area contributed by atoms with Crippen molar-refractivity contribution in [1.82, 2.24) is 5.32 Å². The van der Waals surface area contributed by atoms with Gasteiger partial charge in [-0.3, -0.25) is 4.79 Å². The van der Waals surface area contributed by atoms with E-state index in [1.807, 2.05) is 30.3 Å². The van der Waals surface area contributed by atoms with Gasteiger partial charge in [-0.2, -0.15) is 0 Å². The smallest absolute Gasteiger partial charge is 0.235 e. The second-order valence-electron chi connectivity index (χ2n) is 3.35. The number of benzene rings is 1. The molecule has 4 heteroatoms. The molecule has 82 valence electrons. The molecule has 1 aromatic carbocycles. The van der Waals surface area contributed by atoms with Crippen LogP contribution in [-0.4, -0.2) is 22.9 Å². The number of amides is 1. The van der Waals surface area contributed by atoms with E-state index in [0.29, 0.717) is 0 Å². The van der Waals surface area contributed by atoms with Crippen LogP contribution in [0, 0.1) is 0 Å². The van der Waals surface area contributed by atoms with Crippen molar-refractivity contribution < 1.29 is 9.90 Å². The highest BCUT2D eigenvalue weighted by atomic mass is 35.5. The fraction of sp³-hybridized carbons (Fsp3) is 0.364. The number of halogens is 1. The van der Waals surface area contributed by atoms with Crippen molar-refractivity contribution in [1.29, 1.82) is 0 Å². The predicted molar refractivity (Wildman–Crippen MR) is 59.7 cm³/mol. The number of aliphatic hydroxyl groups excluding tert-OH is 1. The molecule has 0 aliphatic carbocycles. The Morgan fingerprint density at radius 1 is 1.47 bits per heavy atom. The van der Waals surface area contributed by atoms with Crippen molar-refractivity contribution in [2.45, 2.75) is 19.1 Å². The van der Waals surface area contributed by atoms with Crippen molar-refractivity contribution >= 4 is 17.5 Å². The molecule has 1 rings (SSSR count). The van der Waals surface area contributed by atoms with Crippen molar-refractivity contribution in [2.75, 3.05) is 5.88 Å². The van der Waals surface area contributed by atoms with Gasteiger partial charge in [0, 0.05) is 0 Å². The van der Waals surface area contributed by atoms with Gasteiger partial charge in [-0.15, -0.1) is 11.6 Å². The van der Waals surface area contributed by atoms with E-state index in [-0.39, 0.29) is 17.8 Å². The maximum absolute atomic E-state index is 11.0. The number of hydrogen-bond acceptors (Lipinski definition) is 2. The Balaban J connectivity index is 2.61. The average molecular weight is 228 g/mol. The van der Waals surface area contributed by atoms with Gasteiger partial charge >= 0.3 is 0 Å². The lowest BCUT2D eigenvalue weighted by Gasteiger charge is -2.20. The summed E-state index contributed by atoms with van der Waals surface area (Å²) in [6.45, 7) is 1.74. The molecule has 0 heterocycles. The number of rotatable bonds is 4. The third-order valence-electron chi connectivity index (χ3n) is 2.12. The molecule has 0 aliphatic heterocycles. The fourth-order valence-corrected chi connectivity index (χ4v) is 1.39. The van der Waals surface area contributed by atoms with Crippen LogP contribution in [-0.2, 0) is 4.79 Å². The van der Waals surface area contributed by atoms with Gasteiger partial charge in [-0.1, -0.05) is 30.3 Å². The van der Waals surface area contributed by atoms with Gasteiger partial charge in [-0.25, -0.2) is 0 Å². The summed E-state index contributed by atoms with van der Waals surface area (Å²) in [6.07, 6.45) is -0.710. The van der Waals surface area contributed by atoms with E-state index in [4.69, 9.17) is 11.6 Å². The highest BCUT2D eigenvalue weighted by Gasteiger charge is 2.17. The molecular formula is C11H14ClNO2. The largest absolute Gasteiger partial charge is 0.386 e. The van der Waals surface area contributed by atoms with Gasteiger partial charge in [0.15, 0.2) is 0 Å². The van der Waals surface area contributed by atoms with Gasteiger partial charge in [0.05, 0.1) is 12.1 Å². The maximum Gasteiger partial charge on any atom is 0.235 e. The zero-order chi connectivity index (χ0) is 11.3. The van der Waals surface area contributed by atoms with Gasteiger partial charge in [0.1, 0.15) is 5.88 Å². The van der Waals surface area contributed by atoms with Crippen LogP contribution in [0.3, 0.4) is 0 Å². The Labute approximate surface area is 94.1 Å². The minimum absolute atomic E-state index is 0.0914. The Kier molecular flexibility index (Phi) is 4.59. The number of aliphatic hydroxyl groups is 1. The van der Waals surface area contributed by atoms with E-state index in [2.05, 4.69) is 5.32 Å². The number of carbonyl (C=O) groups is 1. The molecule has 0 aliphatic rings. The van der Waals surface area contributed by atoms with Crippen LogP contribution in [0.4, 0.5) is 0 Å². The molecule has 0 bridgehead atoms. The van der Waals surface area contributed by atoms with Crippen LogP contribution in [0.25, 0.3) is 0 Å². The molecule has 1 amide bonds. The molecule has 0 fully saturated rings. The van der Waals surface area contributed by atoms with Gasteiger partial charge < -0.3 is 10.4 Å². The summed E-state index contributed by atoms with van der Waals surface area (Å²) in [5, 5.41) is 12.5. The molecule has 3 nitrogen and oxygen atoms in total. The highest BCUT2D eigenvalue weighted by Crippen LogP contribution is 2.15. The van der Waals surface area contributed by atoms with E-state index in [1.54, 1.807) is 6.92 Å². The first kappa shape index (κ1) is 12.0. The Bertz CT molecular complexity index is 316. The summed E-state index contributed by atoms with van der Waals surface area (Å²) >= 11 is 5.35. The van der Waals surface area contributed by atoms with E-state index < -0.39 is 6.10 Å². The summed E-state index contributed by atoms with van der Waals surface area (Å²) in [5.41, 5.74) is 0.778. The molecule has 1 aromatic rings. The molecule has 0 spiro atoms. The lowest BCUT2D eigenvalue weighted by atomic mass is 10.0. The zero-order valence-corrected chi connectivity index (χ0v) is 9.24. The fourth-order valence-electron chi connectivity index (χ4n) is 1.31. The summed E-state index contributed by atoms with van der Waals surface area (Å²) in [7, 11) is 0. The van der Waals surface area contributed by atoms with Gasteiger partial charge in [0.25, 0.3) is 0 Å². The minimum atomic E-state index is -0.710. The second-order valence-corrected chi connectivity index (χ2v) is 3.61. The second kappa shape index (κ2) is 5.73. The van der Waals surface area contributed by atoms with Crippen LogP contribution >= 0.6 is 11.6 Å². The third-order valence-corrected chi connectivity index (χ3v) is 2.37. The molecule has 15 heavy (non-hydrogen) atoms. The standard InChI is InChI=1S/C11H14ClNO2/c1-8(13-10(14)7-12)11(15)9-5-3-2-4-6-9/h2-6,8,11,15H,7H2,1H3,(H,13,14)/t8-,11-/m1/s1. The molecule has 0 radical (unpaired) electrons. The van der Waals surface area contributed by atoms with Crippen LogP contribution in [0.15, 0.2) is 30.3 Å². The number of nitrogens with one attached hydrogen (secondary N) is 1. The Morgan fingerprint density at radius 2 is 2.07 bits per heavy atom. The van der Waals surface area contributed by atoms with E-state index >= 15 is 0 Å². The van der Waals surface area contributed by atoms with E-state index in [1.165, 1.54) is 0 Å². The number of carbonyl (C=O) groups excluding carboxylic acids is 1. The van der Waals surface area contributed by atoms with Crippen molar-refractivity contribution in [3.8, 4) is 0 Å².